The van der Waals surface area contributed by atoms with Crippen molar-refractivity contribution in [1.29, 1.82) is 0 Å². The van der Waals surface area contributed by atoms with Gasteiger partial charge >= 0.3 is 12.2 Å². The van der Waals surface area contributed by atoms with Gasteiger partial charge in [-0.1, -0.05) is 37.3 Å². The van der Waals surface area contributed by atoms with E-state index in [2.05, 4.69) is 24.2 Å². The summed E-state index contributed by atoms with van der Waals surface area (Å²) < 4.78 is 19.2. The molecule has 2 aliphatic rings. The number of amides is 2. The Balaban J connectivity index is 1.16. The Morgan fingerprint density at radius 1 is 1.18 bits per heavy atom. The monoisotopic (exact) mass is 549 g/mol. The van der Waals surface area contributed by atoms with Crippen LogP contribution in [0, 0.1) is 6.92 Å². The van der Waals surface area contributed by atoms with Crippen molar-refractivity contribution in [2.75, 3.05) is 32.8 Å². The highest BCUT2D eigenvalue weighted by atomic mass is 16.6. The van der Waals surface area contributed by atoms with Crippen molar-refractivity contribution < 1.29 is 23.8 Å². The molecule has 4 heterocycles. The van der Waals surface area contributed by atoms with Crippen LogP contribution < -0.4 is 4.74 Å². The molecule has 1 aromatic carbocycles. The summed E-state index contributed by atoms with van der Waals surface area (Å²) in [6, 6.07) is 12.3. The molecule has 2 aliphatic heterocycles. The zero-order valence-electron chi connectivity index (χ0n) is 24.1. The zero-order chi connectivity index (χ0) is 28.5. The number of aromatic nitrogens is 3. The number of ether oxygens (including phenoxy) is 3. The van der Waals surface area contributed by atoms with E-state index in [0.717, 1.165) is 17.0 Å². The van der Waals surface area contributed by atoms with E-state index in [1.165, 1.54) is 5.56 Å². The molecule has 2 fully saturated rings. The largest absolute Gasteiger partial charge is 0.491 e. The maximum absolute atomic E-state index is 12.7. The summed E-state index contributed by atoms with van der Waals surface area (Å²) in [6.45, 7) is 12.2. The van der Waals surface area contributed by atoms with Crippen LogP contribution in [-0.2, 0) is 15.9 Å². The van der Waals surface area contributed by atoms with Crippen LogP contribution >= 0.6 is 0 Å². The number of pyridine rings is 1. The number of carbonyl (C=O) groups excluding carboxylic acids is 2. The second kappa shape index (κ2) is 11.0. The van der Waals surface area contributed by atoms with Crippen LogP contribution in [0.3, 0.4) is 0 Å². The Bertz CT molecular complexity index is 1360. The number of benzene rings is 1. The summed E-state index contributed by atoms with van der Waals surface area (Å²) in [4.78, 5) is 33.2. The van der Waals surface area contributed by atoms with Crippen LogP contribution in [0.15, 0.2) is 42.6 Å². The zero-order valence-corrected chi connectivity index (χ0v) is 24.1. The van der Waals surface area contributed by atoms with E-state index in [-0.39, 0.29) is 18.1 Å². The highest BCUT2D eigenvalue weighted by Crippen LogP contribution is 2.34. The van der Waals surface area contributed by atoms with E-state index in [1.807, 2.05) is 58.2 Å². The van der Waals surface area contributed by atoms with Gasteiger partial charge < -0.3 is 24.0 Å². The standard InChI is InChI=1S/C30H39N5O5/c1-21-17-24(38-19-22(2)23-9-7-6-8-10-23)18-35-26(21)31-25(32-35)11-14-34-20-30(40-28(34)37)12-15-33(16-13-30)27(36)39-29(3,4)5/h6-10,17-18,22H,11-16,19-20H2,1-5H3/t22-/m0/s1. The fourth-order valence-corrected chi connectivity index (χ4v) is 5.23. The van der Waals surface area contributed by atoms with Gasteiger partial charge in [-0.3, -0.25) is 0 Å². The number of carbonyl (C=O) groups is 2. The Labute approximate surface area is 235 Å². The minimum absolute atomic E-state index is 0.261. The molecule has 1 atom stereocenters. The van der Waals surface area contributed by atoms with Crippen molar-refractivity contribution in [1.82, 2.24) is 24.4 Å². The summed E-state index contributed by atoms with van der Waals surface area (Å²) in [5.74, 6) is 1.66. The molecule has 0 N–H and O–H groups in total. The highest BCUT2D eigenvalue weighted by Gasteiger charge is 2.47. The highest BCUT2D eigenvalue weighted by molar-refractivity contribution is 5.71. The summed E-state index contributed by atoms with van der Waals surface area (Å²) in [7, 11) is 0. The van der Waals surface area contributed by atoms with Gasteiger partial charge in [0.15, 0.2) is 11.5 Å². The molecule has 0 unspecified atom stereocenters. The van der Waals surface area contributed by atoms with Crippen LogP contribution in [-0.4, -0.2) is 80.6 Å². The molecule has 0 aliphatic carbocycles. The topological polar surface area (TPSA) is 98.5 Å². The van der Waals surface area contributed by atoms with Crippen molar-refractivity contribution in [2.45, 2.75) is 71.0 Å². The molecule has 10 heteroatoms. The summed E-state index contributed by atoms with van der Waals surface area (Å²) in [5, 5.41) is 4.66. The average molecular weight is 550 g/mol. The molecular formula is C30H39N5O5. The molecule has 2 aromatic heterocycles. The second-order valence-electron chi connectivity index (χ2n) is 12.0. The first-order valence-corrected chi connectivity index (χ1v) is 14.0. The Hall–Kier alpha value is -3.82. The number of rotatable bonds is 7. The molecular weight excluding hydrogens is 510 g/mol. The van der Waals surface area contributed by atoms with Crippen LogP contribution in [0.25, 0.3) is 5.65 Å². The molecule has 0 saturated carbocycles. The van der Waals surface area contributed by atoms with Gasteiger partial charge in [-0.2, -0.15) is 5.10 Å². The van der Waals surface area contributed by atoms with E-state index in [1.54, 1.807) is 14.3 Å². The van der Waals surface area contributed by atoms with Crippen molar-refractivity contribution in [2.24, 2.45) is 0 Å². The number of piperidine rings is 1. The minimum atomic E-state index is -0.568. The van der Waals surface area contributed by atoms with E-state index < -0.39 is 11.2 Å². The normalized spacial score (nSPS) is 17.8. The van der Waals surface area contributed by atoms with Crippen molar-refractivity contribution in [3.8, 4) is 5.75 Å². The molecule has 3 aromatic rings. The summed E-state index contributed by atoms with van der Waals surface area (Å²) in [5.41, 5.74) is 1.87. The van der Waals surface area contributed by atoms with Crippen molar-refractivity contribution in [3.05, 3.63) is 59.5 Å². The van der Waals surface area contributed by atoms with Gasteiger partial charge in [-0.15, -0.1) is 0 Å². The van der Waals surface area contributed by atoms with Crippen molar-refractivity contribution in [3.63, 3.8) is 0 Å². The van der Waals surface area contributed by atoms with Gasteiger partial charge in [-0.05, 0) is 44.9 Å². The molecule has 2 saturated heterocycles. The smallest absolute Gasteiger partial charge is 0.410 e. The molecule has 10 nitrogen and oxygen atoms in total. The molecule has 0 bridgehead atoms. The number of hydrogen-bond acceptors (Lipinski definition) is 7. The van der Waals surface area contributed by atoms with Gasteiger partial charge in [0.2, 0.25) is 0 Å². The van der Waals surface area contributed by atoms with Gasteiger partial charge in [0.25, 0.3) is 0 Å². The van der Waals surface area contributed by atoms with E-state index in [4.69, 9.17) is 19.2 Å². The Kier molecular flexibility index (Phi) is 7.61. The molecule has 214 valence electrons. The lowest BCUT2D eigenvalue weighted by atomic mass is 9.91. The maximum Gasteiger partial charge on any atom is 0.410 e. The Morgan fingerprint density at radius 3 is 2.60 bits per heavy atom. The summed E-state index contributed by atoms with van der Waals surface area (Å²) >= 11 is 0. The van der Waals surface area contributed by atoms with Gasteiger partial charge in [0.05, 0.1) is 19.3 Å². The minimum Gasteiger partial charge on any atom is -0.491 e. The van der Waals surface area contributed by atoms with Crippen LogP contribution in [0.5, 0.6) is 5.75 Å². The lowest BCUT2D eigenvalue weighted by Gasteiger charge is -2.37. The predicted molar refractivity (Wildman–Crippen MR) is 150 cm³/mol. The average Bonchev–Trinajstić information content (AvgIpc) is 3.46. The quantitative estimate of drug-likeness (QED) is 0.410. The van der Waals surface area contributed by atoms with Crippen LogP contribution in [0.2, 0.25) is 0 Å². The maximum atomic E-state index is 12.7. The van der Waals surface area contributed by atoms with Crippen molar-refractivity contribution >= 4 is 17.8 Å². The third-order valence-corrected chi connectivity index (χ3v) is 7.48. The first kappa shape index (κ1) is 27.7. The Morgan fingerprint density at radius 2 is 1.90 bits per heavy atom. The molecule has 40 heavy (non-hydrogen) atoms. The third-order valence-electron chi connectivity index (χ3n) is 7.48. The fourth-order valence-electron chi connectivity index (χ4n) is 5.23. The third kappa shape index (κ3) is 6.32. The lowest BCUT2D eigenvalue weighted by molar-refractivity contribution is -0.0170. The van der Waals surface area contributed by atoms with Gasteiger partial charge in [0.1, 0.15) is 17.0 Å². The number of aryl methyl sites for hydroxylation is 1. The number of nitrogens with zero attached hydrogens (tertiary/aromatic N) is 5. The summed E-state index contributed by atoms with van der Waals surface area (Å²) in [6.07, 6.45) is 2.90. The van der Waals surface area contributed by atoms with Crippen LogP contribution in [0.1, 0.15) is 63.4 Å². The SMILES string of the molecule is Cc1cc(OC[C@H](C)c2ccccc2)cn2nc(CCN3CC4(CCN(C(=O)OC(C)(C)C)CC4)OC3=O)nc12. The molecule has 2 amide bonds. The van der Waals surface area contributed by atoms with E-state index >= 15 is 0 Å². The first-order chi connectivity index (χ1) is 19.0. The second-order valence-corrected chi connectivity index (χ2v) is 12.0. The van der Waals surface area contributed by atoms with Crippen LogP contribution in [0.4, 0.5) is 9.59 Å². The molecule has 1 spiro atoms. The van der Waals surface area contributed by atoms with Gasteiger partial charge in [0, 0.05) is 44.8 Å². The number of hydrogen-bond donors (Lipinski definition) is 0. The fraction of sp³-hybridized carbons (Fsp3) is 0.533. The lowest BCUT2D eigenvalue weighted by Crippen LogP contribution is -2.49. The number of fused-ring (bicyclic) bond motifs is 1. The predicted octanol–water partition coefficient (Wildman–Crippen LogP) is 4.98. The number of likely N-dealkylation sites (tertiary alicyclic amines) is 1. The first-order valence-electron chi connectivity index (χ1n) is 14.0. The molecule has 0 radical (unpaired) electrons. The van der Waals surface area contributed by atoms with E-state index in [0.29, 0.717) is 57.9 Å². The van der Waals surface area contributed by atoms with E-state index in [9.17, 15) is 9.59 Å². The van der Waals surface area contributed by atoms with Gasteiger partial charge in [-0.25, -0.2) is 19.1 Å². The molecule has 5 rings (SSSR count).